The fourth-order valence-electron chi connectivity index (χ4n) is 2.17. The molecule has 1 aromatic carbocycles. The van der Waals surface area contributed by atoms with Gasteiger partial charge in [-0.3, -0.25) is 10.1 Å². The molecule has 0 aromatic heterocycles. The Balaban J connectivity index is 2.02. The van der Waals surface area contributed by atoms with Crippen molar-refractivity contribution in [2.24, 2.45) is 0 Å². The number of hydrogen-bond acceptors (Lipinski definition) is 4. The zero-order valence-corrected chi connectivity index (χ0v) is 10.1. The van der Waals surface area contributed by atoms with Gasteiger partial charge in [0.1, 0.15) is 11.8 Å². The molecule has 0 spiro atoms. The zero-order chi connectivity index (χ0) is 12.3. The number of methoxy groups -OCH3 is 2. The summed E-state index contributed by atoms with van der Waals surface area (Å²) in [5, 5.41) is 3.28. The molecule has 2 rings (SSSR count). The summed E-state index contributed by atoms with van der Waals surface area (Å²) in [5.74, 6) is 0.664. The zero-order valence-electron chi connectivity index (χ0n) is 10.1. The highest BCUT2D eigenvalue weighted by Crippen LogP contribution is 2.28. The van der Waals surface area contributed by atoms with Gasteiger partial charge in [-0.05, 0) is 30.5 Å². The molecule has 1 heterocycles. The average Bonchev–Trinajstić information content (AvgIpc) is 2.87. The van der Waals surface area contributed by atoms with E-state index in [-0.39, 0.29) is 18.1 Å². The Bertz CT molecular complexity index is 388. The highest BCUT2D eigenvalue weighted by molar-refractivity contribution is 5.76. The molecule has 0 amide bonds. The molecular weight excluding hydrogens is 218 g/mol. The minimum absolute atomic E-state index is 0.174. The summed E-state index contributed by atoms with van der Waals surface area (Å²) in [6, 6.07) is 7.97. The molecule has 1 aliphatic heterocycles. The van der Waals surface area contributed by atoms with E-state index in [0.29, 0.717) is 0 Å². The largest absolute Gasteiger partial charge is 0.497 e. The van der Waals surface area contributed by atoms with Crippen molar-refractivity contribution < 1.29 is 14.3 Å². The van der Waals surface area contributed by atoms with Gasteiger partial charge in [0, 0.05) is 6.04 Å². The lowest BCUT2D eigenvalue weighted by Gasteiger charge is -2.13. The van der Waals surface area contributed by atoms with Crippen molar-refractivity contribution in [2.45, 2.75) is 24.9 Å². The molecule has 1 saturated heterocycles. The molecular formula is C13H17NO3. The van der Waals surface area contributed by atoms with E-state index >= 15 is 0 Å². The van der Waals surface area contributed by atoms with Gasteiger partial charge in [-0.1, -0.05) is 12.1 Å². The van der Waals surface area contributed by atoms with Gasteiger partial charge in [0.05, 0.1) is 14.2 Å². The number of esters is 1. The van der Waals surface area contributed by atoms with Crippen molar-refractivity contribution in [2.75, 3.05) is 14.2 Å². The van der Waals surface area contributed by atoms with Crippen molar-refractivity contribution in [3.63, 3.8) is 0 Å². The first-order valence-electron chi connectivity index (χ1n) is 5.72. The molecule has 1 aromatic rings. The van der Waals surface area contributed by atoms with Crippen LogP contribution < -0.4 is 10.1 Å². The number of ether oxygens (including phenoxy) is 2. The quantitative estimate of drug-likeness (QED) is 0.809. The molecule has 17 heavy (non-hydrogen) atoms. The smallest absolute Gasteiger partial charge is 0.322 e. The Kier molecular flexibility index (Phi) is 3.64. The van der Waals surface area contributed by atoms with Crippen LogP contribution in [0.5, 0.6) is 5.75 Å². The highest BCUT2D eigenvalue weighted by atomic mass is 16.5. The van der Waals surface area contributed by atoms with E-state index in [0.717, 1.165) is 18.6 Å². The van der Waals surface area contributed by atoms with Crippen LogP contribution in [-0.4, -0.2) is 26.2 Å². The first-order chi connectivity index (χ1) is 8.24. The number of benzene rings is 1. The molecule has 0 saturated carbocycles. The second-order valence-corrected chi connectivity index (χ2v) is 4.15. The molecule has 92 valence electrons. The molecule has 0 aliphatic carbocycles. The average molecular weight is 235 g/mol. The van der Waals surface area contributed by atoms with Gasteiger partial charge < -0.3 is 9.47 Å². The Morgan fingerprint density at radius 1 is 1.24 bits per heavy atom. The van der Waals surface area contributed by atoms with Crippen LogP contribution in [0.1, 0.15) is 24.4 Å². The van der Waals surface area contributed by atoms with Gasteiger partial charge in [0.25, 0.3) is 0 Å². The van der Waals surface area contributed by atoms with E-state index < -0.39 is 0 Å². The van der Waals surface area contributed by atoms with Gasteiger partial charge in [0.15, 0.2) is 0 Å². The summed E-state index contributed by atoms with van der Waals surface area (Å²) in [6.45, 7) is 0. The summed E-state index contributed by atoms with van der Waals surface area (Å²) >= 11 is 0. The van der Waals surface area contributed by atoms with Gasteiger partial charge in [0.2, 0.25) is 0 Å². The van der Waals surface area contributed by atoms with Crippen molar-refractivity contribution in [1.82, 2.24) is 5.32 Å². The van der Waals surface area contributed by atoms with Gasteiger partial charge >= 0.3 is 5.97 Å². The van der Waals surface area contributed by atoms with Crippen molar-refractivity contribution in [1.29, 1.82) is 0 Å². The second kappa shape index (κ2) is 5.19. The Labute approximate surface area is 101 Å². The maximum Gasteiger partial charge on any atom is 0.322 e. The Morgan fingerprint density at radius 3 is 2.53 bits per heavy atom. The molecule has 1 fully saturated rings. The summed E-state index contributed by atoms with van der Waals surface area (Å²) in [7, 11) is 3.07. The number of hydrogen-bond donors (Lipinski definition) is 1. The summed E-state index contributed by atoms with van der Waals surface area (Å²) < 4.78 is 9.85. The predicted molar refractivity (Wildman–Crippen MR) is 63.9 cm³/mol. The standard InChI is InChI=1S/C13H17NO3/c1-16-10-5-3-9(4-6-10)11-7-8-12(14-11)13(15)17-2/h3-6,11-12,14H,7-8H2,1-2H3/t11-,12+/m0/s1. The molecule has 0 unspecified atom stereocenters. The van der Waals surface area contributed by atoms with Gasteiger partial charge in [-0.15, -0.1) is 0 Å². The number of carbonyl (C=O) groups is 1. The van der Waals surface area contributed by atoms with Crippen LogP contribution in [0.3, 0.4) is 0 Å². The van der Waals surface area contributed by atoms with E-state index in [4.69, 9.17) is 9.47 Å². The Morgan fingerprint density at radius 2 is 1.94 bits per heavy atom. The third-order valence-corrected chi connectivity index (χ3v) is 3.15. The summed E-state index contributed by atoms with van der Waals surface area (Å²) in [4.78, 5) is 11.4. The first kappa shape index (κ1) is 11.9. The third kappa shape index (κ3) is 2.58. The molecule has 4 nitrogen and oxygen atoms in total. The first-order valence-corrected chi connectivity index (χ1v) is 5.72. The van der Waals surface area contributed by atoms with Crippen LogP contribution in [0.2, 0.25) is 0 Å². The van der Waals surface area contributed by atoms with Crippen LogP contribution in [0.25, 0.3) is 0 Å². The van der Waals surface area contributed by atoms with Crippen molar-refractivity contribution >= 4 is 5.97 Å². The number of rotatable bonds is 3. The fourth-order valence-corrected chi connectivity index (χ4v) is 2.17. The summed E-state index contributed by atoms with van der Waals surface area (Å²) in [6.07, 6.45) is 1.77. The second-order valence-electron chi connectivity index (χ2n) is 4.15. The van der Waals surface area contributed by atoms with E-state index in [1.165, 1.54) is 12.7 Å². The number of carbonyl (C=O) groups excluding carboxylic acids is 1. The van der Waals surface area contributed by atoms with Crippen LogP contribution in [0.15, 0.2) is 24.3 Å². The third-order valence-electron chi connectivity index (χ3n) is 3.15. The lowest BCUT2D eigenvalue weighted by molar-refractivity contribution is -0.142. The molecule has 1 aliphatic rings. The lowest BCUT2D eigenvalue weighted by Crippen LogP contribution is -2.33. The molecule has 1 N–H and O–H groups in total. The van der Waals surface area contributed by atoms with E-state index in [1.54, 1.807) is 7.11 Å². The van der Waals surface area contributed by atoms with Crippen LogP contribution in [0, 0.1) is 0 Å². The molecule has 2 atom stereocenters. The summed E-state index contributed by atoms with van der Waals surface area (Å²) in [5.41, 5.74) is 1.18. The van der Waals surface area contributed by atoms with Crippen LogP contribution >= 0.6 is 0 Å². The lowest BCUT2D eigenvalue weighted by atomic mass is 10.1. The topological polar surface area (TPSA) is 47.6 Å². The van der Waals surface area contributed by atoms with Crippen molar-refractivity contribution in [3.8, 4) is 5.75 Å². The Hall–Kier alpha value is -1.55. The molecule has 0 radical (unpaired) electrons. The van der Waals surface area contributed by atoms with E-state index in [2.05, 4.69) is 5.32 Å². The maximum atomic E-state index is 11.4. The maximum absolute atomic E-state index is 11.4. The SMILES string of the molecule is COC(=O)[C@H]1CC[C@@H](c2ccc(OC)cc2)N1. The van der Waals surface area contributed by atoms with Gasteiger partial charge in [-0.2, -0.15) is 0 Å². The monoisotopic (exact) mass is 235 g/mol. The fraction of sp³-hybridized carbons (Fsp3) is 0.462. The highest BCUT2D eigenvalue weighted by Gasteiger charge is 2.30. The normalized spacial score (nSPS) is 23.4. The minimum Gasteiger partial charge on any atom is -0.497 e. The van der Waals surface area contributed by atoms with E-state index in [1.807, 2.05) is 24.3 Å². The van der Waals surface area contributed by atoms with Crippen LogP contribution in [0.4, 0.5) is 0 Å². The predicted octanol–water partition coefficient (Wildman–Crippen LogP) is 1.66. The minimum atomic E-state index is -0.180. The molecule has 0 bridgehead atoms. The molecule has 4 heteroatoms. The number of nitrogens with one attached hydrogen (secondary N) is 1. The van der Waals surface area contributed by atoms with Crippen molar-refractivity contribution in [3.05, 3.63) is 29.8 Å². The van der Waals surface area contributed by atoms with Gasteiger partial charge in [-0.25, -0.2) is 0 Å². The van der Waals surface area contributed by atoms with E-state index in [9.17, 15) is 4.79 Å². The van der Waals surface area contributed by atoms with Crippen LogP contribution in [-0.2, 0) is 9.53 Å².